The van der Waals surface area contributed by atoms with E-state index < -0.39 is 9.84 Å². The summed E-state index contributed by atoms with van der Waals surface area (Å²) in [4.78, 5) is 27.2. The molecule has 44 heavy (non-hydrogen) atoms. The number of aromatic nitrogens is 6. The highest BCUT2D eigenvalue weighted by Crippen LogP contribution is 2.34. The van der Waals surface area contributed by atoms with Gasteiger partial charge in [-0.1, -0.05) is 0 Å². The molecule has 0 bridgehead atoms. The van der Waals surface area contributed by atoms with E-state index in [0.29, 0.717) is 33.8 Å². The number of rotatable bonds is 9. The van der Waals surface area contributed by atoms with Crippen LogP contribution in [-0.4, -0.2) is 44.6 Å². The number of nitrogens with zero attached hydrogens (tertiary/aromatic N) is 6. The van der Waals surface area contributed by atoms with E-state index >= 15 is 0 Å². The lowest BCUT2D eigenvalue weighted by atomic mass is 10.2. The summed E-state index contributed by atoms with van der Waals surface area (Å²) in [6, 6.07) is 12.6. The Hall–Kier alpha value is -4.79. The van der Waals surface area contributed by atoms with Crippen molar-refractivity contribution in [1.29, 1.82) is 0 Å². The van der Waals surface area contributed by atoms with Gasteiger partial charge in [0, 0.05) is 41.2 Å². The van der Waals surface area contributed by atoms with Crippen molar-refractivity contribution in [1.82, 2.24) is 29.9 Å². The maximum absolute atomic E-state index is 11.7. The lowest BCUT2D eigenvalue weighted by molar-refractivity contribution is 0.472. The smallest absolute Gasteiger partial charge is 0.188 e. The molecule has 0 aliphatic heterocycles. The van der Waals surface area contributed by atoms with E-state index in [1.54, 1.807) is 24.5 Å². The van der Waals surface area contributed by atoms with E-state index in [2.05, 4.69) is 35.6 Å². The first-order chi connectivity index (χ1) is 21.1. The van der Waals surface area contributed by atoms with Gasteiger partial charge >= 0.3 is 0 Å². The summed E-state index contributed by atoms with van der Waals surface area (Å²) in [5, 5.41) is 11.6. The molecule has 0 radical (unpaired) electrons. The SMILES string of the molecule is Cc1ccnc(Nc2nc(-c3ccc(Oc4ccnc(Nc5nc(-c6ccc(S(C)(=O)=O)cn6)cs5)c4C)c(C)n3)cs2)c1. The van der Waals surface area contributed by atoms with Gasteiger partial charge in [-0.25, -0.2) is 33.3 Å². The third kappa shape index (κ3) is 6.56. The van der Waals surface area contributed by atoms with Gasteiger partial charge < -0.3 is 15.4 Å². The number of aryl methyl sites for hydroxylation is 2. The van der Waals surface area contributed by atoms with Crippen LogP contribution in [0.25, 0.3) is 22.8 Å². The molecule has 0 saturated carbocycles. The largest absolute Gasteiger partial charge is 0.455 e. The predicted molar refractivity (Wildman–Crippen MR) is 173 cm³/mol. The van der Waals surface area contributed by atoms with Crippen LogP contribution in [0.3, 0.4) is 0 Å². The Morgan fingerprint density at radius 3 is 2.11 bits per heavy atom. The molecule has 0 aliphatic rings. The zero-order chi connectivity index (χ0) is 30.8. The van der Waals surface area contributed by atoms with Crippen molar-refractivity contribution in [2.45, 2.75) is 25.7 Å². The fourth-order valence-electron chi connectivity index (χ4n) is 4.14. The molecular formula is C30H26N8O3S3. The van der Waals surface area contributed by atoms with E-state index in [1.807, 2.05) is 55.8 Å². The first kappa shape index (κ1) is 29.3. The van der Waals surface area contributed by atoms with Gasteiger partial charge in [0.2, 0.25) is 0 Å². The Kier molecular flexibility index (Phi) is 8.03. The van der Waals surface area contributed by atoms with Crippen molar-refractivity contribution < 1.29 is 13.2 Å². The lowest BCUT2D eigenvalue weighted by Crippen LogP contribution is -2.00. The predicted octanol–water partition coefficient (Wildman–Crippen LogP) is 7.12. The Morgan fingerprint density at radius 2 is 1.43 bits per heavy atom. The second-order valence-corrected chi connectivity index (χ2v) is 13.6. The quantitative estimate of drug-likeness (QED) is 0.166. The van der Waals surface area contributed by atoms with Gasteiger partial charge in [0.1, 0.15) is 34.5 Å². The average molecular weight is 643 g/mol. The van der Waals surface area contributed by atoms with Crippen molar-refractivity contribution in [3.05, 3.63) is 88.6 Å². The average Bonchev–Trinajstić information content (AvgIpc) is 3.66. The number of hydrogen-bond donors (Lipinski definition) is 2. The molecule has 0 amide bonds. The van der Waals surface area contributed by atoms with Gasteiger partial charge in [-0.2, -0.15) is 0 Å². The van der Waals surface area contributed by atoms with Crippen molar-refractivity contribution in [2.24, 2.45) is 0 Å². The van der Waals surface area contributed by atoms with E-state index in [4.69, 9.17) is 9.72 Å². The third-order valence-electron chi connectivity index (χ3n) is 6.49. The maximum Gasteiger partial charge on any atom is 0.188 e. The van der Waals surface area contributed by atoms with Crippen LogP contribution in [0.15, 0.2) is 76.7 Å². The van der Waals surface area contributed by atoms with Gasteiger partial charge in [-0.05, 0) is 68.8 Å². The number of nitrogens with one attached hydrogen (secondary N) is 2. The van der Waals surface area contributed by atoms with E-state index in [9.17, 15) is 8.42 Å². The highest BCUT2D eigenvalue weighted by molar-refractivity contribution is 7.90. The summed E-state index contributed by atoms with van der Waals surface area (Å²) in [5.74, 6) is 2.58. The van der Waals surface area contributed by atoms with Crippen LogP contribution >= 0.6 is 22.7 Å². The molecule has 6 rings (SSSR count). The number of sulfone groups is 1. The molecule has 6 aromatic heterocycles. The van der Waals surface area contributed by atoms with E-state index in [0.717, 1.165) is 45.4 Å². The Bertz CT molecular complexity index is 2080. The molecule has 0 atom stereocenters. The van der Waals surface area contributed by atoms with E-state index in [1.165, 1.54) is 34.9 Å². The standard InChI is InChI=1S/C30H26N8O3S3/c1-17-9-11-31-27(13-17)37-29-36-24(16-42-29)22-7-8-26(19(3)34-22)41-25-10-12-32-28(18(25)2)38-30-35-23(15-43-30)21-6-5-20(14-33-21)44(4,39)40/h5-16H,1-4H3,(H,31,36,37)(H,32,35,38). The highest BCUT2D eigenvalue weighted by Gasteiger charge is 2.15. The van der Waals surface area contributed by atoms with Gasteiger partial charge in [-0.15, -0.1) is 22.7 Å². The molecule has 2 N–H and O–H groups in total. The maximum atomic E-state index is 11.7. The van der Waals surface area contributed by atoms with Crippen molar-refractivity contribution in [3.8, 4) is 34.3 Å². The molecule has 14 heteroatoms. The number of ether oxygens (including phenoxy) is 1. The summed E-state index contributed by atoms with van der Waals surface area (Å²) >= 11 is 2.87. The zero-order valence-corrected chi connectivity index (χ0v) is 26.5. The minimum Gasteiger partial charge on any atom is -0.455 e. The number of thiazole rings is 2. The molecular weight excluding hydrogens is 617 g/mol. The Balaban J connectivity index is 1.15. The molecule has 0 aromatic carbocycles. The highest BCUT2D eigenvalue weighted by atomic mass is 32.2. The normalized spacial score (nSPS) is 11.4. The minimum absolute atomic E-state index is 0.160. The number of anilines is 4. The summed E-state index contributed by atoms with van der Waals surface area (Å²) in [6.45, 7) is 5.82. The summed E-state index contributed by atoms with van der Waals surface area (Å²) < 4.78 is 29.7. The van der Waals surface area contributed by atoms with Crippen molar-refractivity contribution >= 4 is 54.4 Å². The second-order valence-electron chi connectivity index (χ2n) is 9.86. The van der Waals surface area contributed by atoms with Crippen LogP contribution in [0.4, 0.5) is 21.9 Å². The molecule has 0 aliphatic carbocycles. The number of pyridine rings is 4. The van der Waals surface area contributed by atoms with Crippen molar-refractivity contribution in [3.63, 3.8) is 0 Å². The van der Waals surface area contributed by atoms with Crippen LogP contribution < -0.4 is 15.4 Å². The monoisotopic (exact) mass is 642 g/mol. The minimum atomic E-state index is -3.32. The summed E-state index contributed by atoms with van der Waals surface area (Å²) in [6.07, 6.45) is 5.91. The first-order valence-corrected chi connectivity index (χ1v) is 16.9. The Labute approximate surface area is 262 Å². The molecule has 222 valence electrons. The Morgan fingerprint density at radius 1 is 0.727 bits per heavy atom. The molecule has 0 saturated heterocycles. The fraction of sp³-hybridized carbons (Fsp3) is 0.133. The topological polar surface area (TPSA) is 145 Å². The van der Waals surface area contributed by atoms with Crippen LogP contribution in [0.5, 0.6) is 11.5 Å². The second kappa shape index (κ2) is 12.1. The van der Waals surface area contributed by atoms with Gasteiger partial charge in [0.05, 0.1) is 22.0 Å². The fourth-order valence-corrected chi connectivity index (χ4v) is 6.11. The third-order valence-corrected chi connectivity index (χ3v) is 9.10. The molecule has 6 aromatic rings. The molecule has 0 fully saturated rings. The number of hydrogen-bond acceptors (Lipinski definition) is 13. The summed E-state index contributed by atoms with van der Waals surface area (Å²) in [5.41, 5.74) is 5.33. The lowest BCUT2D eigenvalue weighted by Gasteiger charge is -2.13. The van der Waals surface area contributed by atoms with Gasteiger partial charge in [-0.3, -0.25) is 4.98 Å². The molecule has 0 spiro atoms. The molecule has 0 unspecified atom stereocenters. The first-order valence-electron chi connectivity index (χ1n) is 13.3. The van der Waals surface area contributed by atoms with Crippen LogP contribution in [0.1, 0.15) is 16.8 Å². The van der Waals surface area contributed by atoms with Crippen LogP contribution in [0.2, 0.25) is 0 Å². The van der Waals surface area contributed by atoms with Crippen molar-refractivity contribution in [2.75, 3.05) is 16.9 Å². The zero-order valence-electron chi connectivity index (χ0n) is 24.1. The summed E-state index contributed by atoms with van der Waals surface area (Å²) in [7, 11) is -3.32. The van der Waals surface area contributed by atoms with Crippen LogP contribution in [0, 0.1) is 20.8 Å². The van der Waals surface area contributed by atoms with Gasteiger partial charge in [0.25, 0.3) is 0 Å². The van der Waals surface area contributed by atoms with E-state index in [-0.39, 0.29) is 4.90 Å². The molecule has 6 heterocycles. The molecule has 11 nitrogen and oxygen atoms in total. The van der Waals surface area contributed by atoms with Crippen LogP contribution in [-0.2, 0) is 9.84 Å². The van der Waals surface area contributed by atoms with Gasteiger partial charge in [0.15, 0.2) is 20.1 Å².